The minimum Gasteiger partial charge on any atom is -0.412 e. The summed E-state index contributed by atoms with van der Waals surface area (Å²) in [5.41, 5.74) is 0. The summed E-state index contributed by atoms with van der Waals surface area (Å²) in [6.45, 7) is 4.25. The summed E-state index contributed by atoms with van der Waals surface area (Å²) in [5, 5.41) is 8.14. The molecule has 0 radical (unpaired) electrons. The molecule has 0 spiro atoms. The minimum atomic E-state index is 0. The molecule has 70 valence electrons. The number of benzene rings is 1. The Bertz CT molecular complexity index is 122. The van der Waals surface area contributed by atoms with Gasteiger partial charge in [0, 0.05) is 6.61 Å². The largest absolute Gasteiger partial charge is 0.412 e. The fourth-order valence-electron chi connectivity index (χ4n) is 0.385. The molecule has 0 heterocycles. The summed E-state index contributed by atoms with van der Waals surface area (Å²) >= 11 is 0. The van der Waals surface area contributed by atoms with Crippen LogP contribution in [0.25, 0.3) is 0 Å². The third-order valence-electron chi connectivity index (χ3n) is 1.03. The standard InChI is InChI=1S/C6H6.C4H10O.H2O/c1-2-4-6-5-3-1;1-4(2)3-5;/h1-6H;4-5H,3H2,1-2H3;1H2. The van der Waals surface area contributed by atoms with Gasteiger partial charge in [-0.05, 0) is 5.92 Å². The molecular formula is C10H18O2. The second-order valence-electron chi connectivity index (χ2n) is 2.73. The van der Waals surface area contributed by atoms with Crippen LogP contribution in [0.3, 0.4) is 0 Å². The Morgan fingerprint density at radius 3 is 1.17 bits per heavy atom. The van der Waals surface area contributed by atoms with E-state index < -0.39 is 0 Å². The van der Waals surface area contributed by atoms with Crippen LogP contribution in [0.4, 0.5) is 0 Å². The lowest BCUT2D eigenvalue weighted by molar-refractivity contribution is 0.248. The average Bonchev–Trinajstić information content (AvgIpc) is 2.09. The first-order chi connectivity index (χ1) is 5.27. The van der Waals surface area contributed by atoms with Crippen LogP contribution < -0.4 is 0 Å². The summed E-state index contributed by atoms with van der Waals surface area (Å²) in [4.78, 5) is 0. The van der Waals surface area contributed by atoms with Crippen LogP contribution in [0.15, 0.2) is 36.4 Å². The predicted molar refractivity (Wildman–Crippen MR) is 52.0 cm³/mol. The average molecular weight is 170 g/mol. The van der Waals surface area contributed by atoms with E-state index in [1.165, 1.54) is 0 Å². The molecule has 2 heteroatoms. The Morgan fingerprint density at radius 2 is 1.08 bits per heavy atom. The van der Waals surface area contributed by atoms with Crippen LogP contribution >= 0.6 is 0 Å². The Balaban J connectivity index is 0. The van der Waals surface area contributed by atoms with E-state index in [4.69, 9.17) is 5.11 Å². The Kier molecular flexibility index (Phi) is 11.6. The minimum absolute atomic E-state index is 0. The monoisotopic (exact) mass is 170 g/mol. The van der Waals surface area contributed by atoms with Crippen LogP contribution in [-0.2, 0) is 0 Å². The number of hydrogen-bond acceptors (Lipinski definition) is 1. The summed E-state index contributed by atoms with van der Waals surface area (Å²) < 4.78 is 0. The van der Waals surface area contributed by atoms with Crippen molar-refractivity contribution in [3.05, 3.63) is 36.4 Å². The van der Waals surface area contributed by atoms with Gasteiger partial charge in [0.25, 0.3) is 0 Å². The first kappa shape index (κ1) is 13.7. The molecule has 0 fully saturated rings. The zero-order valence-electron chi connectivity index (χ0n) is 7.70. The van der Waals surface area contributed by atoms with Crippen molar-refractivity contribution in [1.82, 2.24) is 0 Å². The molecule has 0 saturated heterocycles. The van der Waals surface area contributed by atoms with E-state index in [1.807, 2.05) is 50.2 Å². The van der Waals surface area contributed by atoms with Crippen molar-refractivity contribution in [1.29, 1.82) is 0 Å². The van der Waals surface area contributed by atoms with Crippen molar-refractivity contribution >= 4 is 0 Å². The molecular weight excluding hydrogens is 152 g/mol. The van der Waals surface area contributed by atoms with E-state index in [2.05, 4.69) is 0 Å². The van der Waals surface area contributed by atoms with Crippen LogP contribution in [-0.4, -0.2) is 17.2 Å². The molecule has 2 nitrogen and oxygen atoms in total. The van der Waals surface area contributed by atoms with Gasteiger partial charge in [-0.2, -0.15) is 0 Å². The molecule has 0 bridgehead atoms. The fourth-order valence-corrected chi connectivity index (χ4v) is 0.385. The van der Waals surface area contributed by atoms with Crippen molar-refractivity contribution in [2.75, 3.05) is 6.61 Å². The molecule has 3 N–H and O–H groups in total. The van der Waals surface area contributed by atoms with Crippen LogP contribution in [0.1, 0.15) is 13.8 Å². The molecule has 0 amide bonds. The van der Waals surface area contributed by atoms with E-state index in [1.54, 1.807) is 0 Å². The lowest BCUT2D eigenvalue weighted by atomic mass is 10.2. The SMILES string of the molecule is CC(C)CO.O.c1ccccc1. The molecule has 12 heavy (non-hydrogen) atoms. The Labute approximate surface area is 74.2 Å². The molecule has 1 rings (SSSR count). The summed E-state index contributed by atoms with van der Waals surface area (Å²) in [6.07, 6.45) is 0. The second kappa shape index (κ2) is 10.1. The highest BCUT2D eigenvalue weighted by atomic mass is 16.3. The molecule has 0 atom stereocenters. The van der Waals surface area contributed by atoms with Gasteiger partial charge in [-0.25, -0.2) is 0 Å². The van der Waals surface area contributed by atoms with Gasteiger partial charge in [0.1, 0.15) is 0 Å². The predicted octanol–water partition coefficient (Wildman–Crippen LogP) is 1.50. The first-order valence-electron chi connectivity index (χ1n) is 3.88. The van der Waals surface area contributed by atoms with Gasteiger partial charge in [0.2, 0.25) is 0 Å². The highest BCUT2D eigenvalue weighted by molar-refractivity contribution is 4.99. The van der Waals surface area contributed by atoms with Gasteiger partial charge in [-0.3, -0.25) is 0 Å². The lowest BCUT2D eigenvalue weighted by Crippen LogP contribution is -1.90. The highest BCUT2D eigenvalue weighted by Crippen LogP contribution is 1.83. The first-order valence-corrected chi connectivity index (χ1v) is 3.88. The van der Waals surface area contributed by atoms with Crippen molar-refractivity contribution in [2.24, 2.45) is 5.92 Å². The van der Waals surface area contributed by atoms with E-state index in [-0.39, 0.29) is 5.48 Å². The quantitative estimate of drug-likeness (QED) is 0.682. The van der Waals surface area contributed by atoms with Gasteiger partial charge in [-0.1, -0.05) is 50.2 Å². The van der Waals surface area contributed by atoms with E-state index >= 15 is 0 Å². The summed E-state index contributed by atoms with van der Waals surface area (Å²) in [5.74, 6) is 0.440. The normalized spacial score (nSPS) is 8.00. The van der Waals surface area contributed by atoms with Gasteiger partial charge in [0.05, 0.1) is 0 Å². The number of aliphatic hydroxyl groups is 1. The number of aliphatic hydroxyl groups excluding tert-OH is 1. The van der Waals surface area contributed by atoms with Crippen molar-refractivity contribution < 1.29 is 10.6 Å². The lowest BCUT2D eigenvalue weighted by Gasteiger charge is -1.90. The maximum atomic E-state index is 8.14. The van der Waals surface area contributed by atoms with Gasteiger partial charge < -0.3 is 10.6 Å². The zero-order valence-corrected chi connectivity index (χ0v) is 7.70. The van der Waals surface area contributed by atoms with Crippen molar-refractivity contribution in [3.63, 3.8) is 0 Å². The maximum absolute atomic E-state index is 8.14. The van der Waals surface area contributed by atoms with Crippen molar-refractivity contribution in [3.8, 4) is 0 Å². The Hall–Kier alpha value is -0.860. The molecule has 1 aromatic carbocycles. The summed E-state index contributed by atoms with van der Waals surface area (Å²) in [7, 11) is 0. The molecule has 0 aliphatic rings. The van der Waals surface area contributed by atoms with Crippen LogP contribution in [0.5, 0.6) is 0 Å². The zero-order chi connectivity index (χ0) is 8.53. The molecule has 0 aliphatic heterocycles. The van der Waals surface area contributed by atoms with Crippen molar-refractivity contribution in [2.45, 2.75) is 13.8 Å². The molecule has 0 aromatic heterocycles. The summed E-state index contributed by atoms with van der Waals surface area (Å²) in [6, 6.07) is 12.0. The number of hydrogen-bond donors (Lipinski definition) is 1. The van der Waals surface area contributed by atoms with E-state index in [9.17, 15) is 0 Å². The van der Waals surface area contributed by atoms with Crippen LogP contribution in [0, 0.1) is 5.92 Å². The molecule has 0 aliphatic carbocycles. The number of rotatable bonds is 1. The van der Waals surface area contributed by atoms with Crippen LogP contribution in [0.2, 0.25) is 0 Å². The van der Waals surface area contributed by atoms with Gasteiger partial charge >= 0.3 is 0 Å². The highest BCUT2D eigenvalue weighted by Gasteiger charge is 1.81. The smallest absolute Gasteiger partial charge is 0.0453 e. The van der Waals surface area contributed by atoms with Gasteiger partial charge in [0.15, 0.2) is 0 Å². The topological polar surface area (TPSA) is 51.7 Å². The second-order valence-corrected chi connectivity index (χ2v) is 2.73. The Morgan fingerprint density at radius 1 is 0.917 bits per heavy atom. The molecule has 0 unspecified atom stereocenters. The third kappa shape index (κ3) is 11.9. The molecule has 1 aromatic rings. The fraction of sp³-hybridized carbons (Fsp3) is 0.400. The third-order valence-corrected chi connectivity index (χ3v) is 1.03. The molecule has 0 saturated carbocycles. The van der Waals surface area contributed by atoms with E-state index in [0.29, 0.717) is 12.5 Å². The van der Waals surface area contributed by atoms with Gasteiger partial charge in [-0.15, -0.1) is 0 Å². The maximum Gasteiger partial charge on any atom is 0.0453 e. The van der Waals surface area contributed by atoms with E-state index in [0.717, 1.165) is 0 Å².